The first-order valence-corrected chi connectivity index (χ1v) is 11.1. The van der Waals surface area contributed by atoms with Crippen molar-refractivity contribution in [1.82, 2.24) is 15.5 Å². The smallest absolute Gasteiger partial charge is 0.221 e. The van der Waals surface area contributed by atoms with Gasteiger partial charge in [0.1, 0.15) is 0 Å². The molecule has 2 fully saturated rings. The number of nitrogens with two attached hydrogens (primary N) is 1. The highest BCUT2D eigenvalue weighted by molar-refractivity contribution is 5.80. The Bertz CT molecular complexity index is 696. The van der Waals surface area contributed by atoms with Gasteiger partial charge in [0.05, 0.1) is 5.92 Å². The zero-order valence-electron chi connectivity index (χ0n) is 18.0. The lowest BCUT2D eigenvalue weighted by atomic mass is 9.87. The predicted molar refractivity (Wildman–Crippen MR) is 118 cm³/mol. The summed E-state index contributed by atoms with van der Waals surface area (Å²) in [7, 11) is 1.84. The van der Waals surface area contributed by atoms with Crippen molar-refractivity contribution in [2.75, 3.05) is 20.1 Å². The number of carbonyl (C=O) groups excluding carboxylic acids is 1. The molecule has 1 saturated carbocycles. The van der Waals surface area contributed by atoms with E-state index in [9.17, 15) is 4.79 Å². The molecule has 1 aliphatic heterocycles. The molecule has 1 atom stereocenters. The number of amides is 1. The van der Waals surface area contributed by atoms with Gasteiger partial charge in [0, 0.05) is 32.7 Å². The summed E-state index contributed by atoms with van der Waals surface area (Å²) in [6, 6.07) is 9.19. The van der Waals surface area contributed by atoms with Crippen molar-refractivity contribution in [2.24, 2.45) is 22.6 Å². The van der Waals surface area contributed by atoms with Gasteiger partial charge in [-0.2, -0.15) is 0 Å². The Morgan fingerprint density at radius 2 is 1.97 bits per heavy atom. The Morgan fingerprint density at radius 1 is 1.21 bits per heavy atom. The fourth-order valence-electron chi connectivity index (χ4n) is 4.51. The molecule has 1 aliphatic carbocycles. The van der Waals surface area contributed by atoms with Crippen LogP contribution in [0.5, 0.6) is 0 Å². The van der Waals surface area contributed by atoms with E-state index in [0.29, 0.717) is 6.04 Å². The van der Waals surface area contributed by atoms with Gasteiger partial charge in [-0.05, 0) is 62.1 Å². The fourth-order valence-corrected chi connectivity index (χ4v) is 4.51. The highest BCUT2D eigenvalue weighted by atomic mass is 16.1. The summed E-state index contributed by atoms with van der Waals surface area (Å²) in [5.41, 5.74) is 8.03. The van der Waals surface area contributed by atoms with Crippen LogP contribution < -0.4 is 16.4 Å². The molecule has 0 aromatic heterocycles. The summed E-state index contributed by atoms with van der Waals surface area (Å²) in [5, 5.41) is 7.04. The Balaban J connectivity index is 1.49. The predicted octanol–water partition coefficient (Wildman–Crippen LogP) is 2.63. The molecule has 6 nitrogen and oxygen atoms in total. The van der Waals surface area contributed by atoms with Gasteiger partial charge in [-0.3, -0.25) is 14.7 Å². The molecular formula is C23H37N5O. The fraction of sp³-hybridized carbons (Fsp3) is 0.652. The van der Waals surface area contributed by atoms with Crippen molar-refractivity contribution in [3.63, 3.8) is 0 Å². The molecule has 0 spiro atoms. The second kappa shape index (κ2) is 10.6. The molecule has 160 valence electrons. The van der Waals surface area contributed by atoms with Crippen LogP contribution in [-0.2, 0) is 17.9 Å². The Labute approximate surface area is 175 Å². The van der Waals surface area contributed by atoms with Gasteiger partial charge in [-0.1, -0.05) is 31.2 Å². The summed E-state index contributed by atoms with van der Waals surface area (Å²) in [6.07, 6.45) is 6.99. The SMILES string of the molecule is CN=C(NCc1cccc(CN2CCCC(C(N)=O)C2)c1)NC1CCC(C)CC1. The van der Waals surface area contributed by atoms with E-state index in [-0.39, 0.29) is 11.8 Å². The summed E-state index contributed by atoms with van der Waals surface area (Å²) in [4.78, 5) is 18.3. The van der Waals surface area contributed by atoms with E-state index >= 15 is 0 Å². The molecule has 1 saturated heterocycles. The number of benzene rings is 1. The second-order valence-corrected chi connectivity index (χ2v) is 8.82. The first kappa shape index (κ1) is 21.6. The number of guanidine groups is 1. The maximum absolute atomic E-state index is 11.5. The number of aliphatic imine (C=N–C) groups is 1. The van der Waals surface area contributed by atoms with Crippen LogP contribution in [0.1, 0.15) is 56.6 Å². The third kappa shape index (κ3) is 6.74. The number of nitrogens with zero attached hydrogens (tertiary/aromatic N) is 2. The number of rotatable bonds is 6. The van der Waals surface area contributed by atoms with Crippen molar-refractivity contribution < 1.29 is 4.79 Å². The van der Waals surface area contributed by atoms with Gasteiger partial charge in [0.25, 0.3) is 0 Å². The molecule has 29 heavy (non-hydrogen) atoms. The second-order valence-electron chi connectivity index (χ2n) is 8.82. The molecule has 1 aromatic rings. The highest BCUT2D eigenvalue weighted by Crippen LogP contribution is 2.23. The third-order valence-corrected chi connectivity index (χ3v) is 6.35. The number of primary amides is 1. The minimum absolute atomic E-state index is 0.00854. The summed E-state index contributed by atoms with van der Waals surface area (Å²) >= 11 is 0. The number of hydrogen-bond donors (Lipinski definition) is 3. The minimum Gasteiger partial charge on any atom is -0.369 e. The van der Waals surface area contributed by atoms with Crippen molar-refractivity contribution in [3.8, 4) is 0 Å². The van der Waals surface area contributed by atoms with Crippen molar-refractivity contribution in [1.29, 1.82) is 0 Å². The number of nitrogens with one attached hydrogen (secondary N) is 2. The van der Waals surface area contributed by atoms with Crippen molar-refractivity contribution >= 4 is 11.9 Å². The van der Waals surface area contributed by atoms with E-state index < -0.39 is 0 Å². The summed E-state index contributed by atoms with van der Waals surface area (Å²) in [6.45, 7) is 5.76. The molecular weight excluding hydrogens is 362 g/mol. The number of carbonyl (C=O) groups is 1. The lowest BCUT2D eigenvalue weighted by Gasteiger charge is -2.31. The summed E-state index contributed by atoms with van der Waals surface area (Å²) < 4.78 is 0. The van der Waals surface area contributed by atoms with E-state index in [1.165, 1.54) is 36.8 Å². The maximum Gasteiger partial charge on any atom is 0.221 e. The lowest BCUT2D eigenvalue weighted by Crippen LogP contribution is -2.44. The molecule has 1 unspecified atom stereocenters. The van der Waals surface area contributed by atoms with Crippen LogP contribution in [0.15, 0.2) is 29.3 Å². The molecule has 3 rings (SSSR count). The largest absolute Gasteiger partial charge is 0.369 e. The van der Waals surface area contributed by atoms with E-state index in [1.807, 2.05) is 7.05 Å². The number of hydrogen-bond acceptors (Lipinski definition) is 3. The van der Waals surface area contributed by atoms with E-state index in [1.54, 1.807) is 0 Å². The Morgan fingerprint density at radius 3 is 2.69 bits per heavy atom. The molecule has 1 amide bonds. The lowest BCUT2D eigenvalue weighted by molar-refractivity contribution is -0.123. The molecule has 2 aliphatic rings. The van der Waals surface area contributed by atoms with Crippen molar-refractivity contribution in [2.45, 2.75) is 64.6 Å². The van der Waals surface area contributed by atoms with Crippen molar-refractivity contribution in [3.05, 3.63) is 35.4 Å². The monoisotopic (exact) mass is 399 g/mol. The standard InChI is InChI=1S/C23H37N5O/c1-17-8-10-21(11-9-17)27-23(25-2)26-14-18-5-3-6-19(13-18)15-28-12-4-7-20(16-28)22(24)29/h3,5-6,13,17,20-21H,4,7-12,14-16H2,1-2H3,(H2,24,29)(H2,25,26,27). The maximum atomic E-state index is 11.5. The van der Waals surface area contributed by atoms with Gasteiger partial charge >= 0.3 is 0 Å². The number of likely N-dealkylation sites (tertiary alicyclic amines) is 1. The minimum atomic E-state index is -0.168. The van der Waals surface area contributed by atoms with Crippen LogP contribution in [0.2, 0.25) is 0 Å². The first-order chi connectivity index (χ1) is 14.0. The van der Waals surface area contributed by atoms with Gasteiger partial charge in [-0.25, -0.2) is 0 Å². The van der Waals surface area contributed by atoms with E-state index in [2.05, 4.69) is 51.7 Å². The molecule has 1 aromatic carbocycles. The molecule has 1 heterocycles. The first-order valence-electron chi connectivity index (χ1n) is 11.1. The van der Waals surface area contributed by atoms with Crippen LogP contribution >= 0.6 is 0 Å². The molecule has 0 radical (unpaired) electrons. The molecule has 6 heteroatoms. The zero-order chi connectivity index (χ0) is 20.6. The van der Waals surface area contributed by atoms with Crippen LogP contribution in [0, 0.1) is 11.8 Å². The molecule has 4 N–H and O–H groups in total. The average molecular weight is 400 g/mol. The summed E-state index contributed by atoms with van der Waals surface area (Å²) in [5.74, 6) is 1.56. The highest BCUT2D eigenvalue weighted by Gasteiger charge is 2.24. The van der Waals surface area contributed by atoms with Gasteiger partial charge in [0.15, 0.2) is 5.96 Å². The third-order valence-electron chi connectivity index (χ3n) is 6.35. The average Bonchev–Trinajstić information content (AvgIpc) is 2.73. The van der Waals surface area contributed by atoms with E-state index in [0.717, 1.165) is 50.9 Å². The molecule has 0 bridgehead atoms. The zero-order valence-corrected chi connectivity index (χ0v) is 18.0. The van der Waals surface area contributed by atoms with Crippen LogP contribution in [0.25, 0.3) is 0 Å². The Hall–Kier alpha value is -2.08. The number of piperidine rings is 1. The quantitative estimate of drug-likeness (QED) is 0.507. The van der Waals surface area contributed by atoms with Gasteiger partial charge in [-0.15, -0.1) is 0 Å². The van der Waals surface area contributed by atoms with E-state index in [4.69, 9.17) is 5.73 Å². The topological polar surface area (TPSA) is 82.8 Å². The normalized spacial score (nSPS) is 26.1. The van der Waals surface area contributed by atoms with Crippen LogP contribution in [0.4, 0.5) is 0 Å². The van der Waals surface area contributed by atoms with Crippen LogP contribution in [0.3, 0.4) is 0 Å². The Kier molecular flexibility index (Phi) is 7.92. The van der Waals surface area contributed by atoms with Gasteiger partial charge < -0.3 is 16.4 Å². The van der Waals surface area contributed by atoms with Crippen LogP contribution in [-0.4, -0.2) is 42.9 Å². The van der Waals surface area contributed by atoms with Gasteiger partial charge in [0.2, 0.25) is 5.91 Å².